The fourth-order valence-electron chi connectivity index (χ4n) is 3.93. The molecule has 154 valence electrons. The standard InChI is InChI=1S/C27H36N2/c1-6-9-13-21(4)23(18-28-5)17-24-19-29-20-27(24)26-16-12-11-15-25(26)22(8-3)14-10-7-2/h7-16,18,20-21,23-24,29H,3,6,17,19H2,1-2,4-5H3/b10-7-,13-9-,22-14+,28-18?. The third-order valence-electron chi connectivity index (χ3n) is 5.55. The zero-order chi connectivity index (χ0) is 21.1. The zero-order valence-electron chi connectivity index (χ0n) is 18.4. The number of hydrogen-bond donors (Lipinski definition) is 1. The molecule has 0 spiro atoms. The molecule has 2 rings (SSSR count). The lowest BCUT2D eigenvalue weighted by molar-refractivity contribution is 0.452. The Hall–Kier alpha value is -2.61. The first-order valence-corrected chi connectivity index (χ1v) is 10.7. The van der Waals surface area contributed by atoms with Crippen molar-refractivity contribution in [1.82, 2.24) is 5.32 Å². The topological polar surface area (TPSA) is 24.4 Å². The molecule has 3 unspecified atom stereocenters. The summed E-state index contributed by atoms with van der Waals surface area (Å²) in [5.74, 6) is 1.37. The van der Waals surface area contributed by atoms with E-state index in [1.165, 1.54) is 16.7 Å². The van der Waals surface area contributed by atoms with E-state index < -0.39 is 0 Å². The van der Waals surface area contributed by atoms with Crippen molar-refractivity contribution in [2.45, 2.75) is 33.6 Å². The summed E-state index contributed by atoms with van der Waals surface area (Å²) in [6.45, 7) is 11.5. The zero-order valence-corrected chi connectivity index (χ0v) is 18.4. The van der Waals surface area contributed by atoms with E-state index in [0.29, 0.717) is 17.8 Å². The van der Waals surface area contributed by atoms with Crippen molar-refractivity contribution in [3.05, 3.63) is 84.6 Å². The molecule has 1 aliphatic heterocycles. The number of nitrogens with zero attached hydrogens (tertiary/aromatic N) is 1. The monoisotopic (exact) mass is 388 g/mol. The molecule has 29 heavy (non-hydrogen) atoms. The molecule has 1 heterocycles. The number of benzene rings is 1. The summed E-state index contributed by atoms with van der Waals surface area (Å²) in [6, 6.07) is 8.66. The highest BCUT2D eigenvalue weighted by Gasteiger charge is 2.27. The second-order valence-corrected chi connectivity index (χ2v) is 7.60. The summed E-state index contributed by atoms with van der Waals surface area (Å²) in [6.07, 6.45) is 19.3. The minimum absolute atomic E-state index is 0.431. The van der Waals surface area contributed by atoms with Crippen LogP contribution in [0, 0.1) is 17.8 Å². The van der Waals surface area contributed by atoms with Crippen LogP contribution in [0.3, 0.4) is 0 Å². The molecule has 0 aliphatic carbocycles. The molecular formula is C27H36N2. The van der Waals surface area contributed by atoms with Gasteiger partial charge in [0.2, 0.25) is 0 Å². The third-order valence-corrected chi connectivity index (χ3v) is 5.55. The molecule has 1 N–H and O–H groups in total. The summed E-state index contributed by atoms with van der Waals surface area (Å²) < 4.78 is 0. The molecule has 1 aliphatic rings. The average Bonchev–Trinajstić information content (AvgIpc) is 3.20. The summed E-state index contributed by atoms with van der Waals surface area (Å²) in [5.41, 5.74) is 5.06. The number of aliphatic imine (C=N–C) groups is 1. The number of allylic oxidation sites excluding steroid dienone is 7. The number of hydrogen-bond acceptors (Lipinski definition) is 2. The van der Waals surface area contributed by atoms with Gasteiger partial charge in [0.1, 0.15) is 0 Å². The molecule has 0 radical (unpaired) electrons. The molecular weight excluding hydrogens is 352 g/mol. The second kappa shape index (κ2) is 12.1. The molecule has 2 nitrogen and oxygen atoms in total. The molecule has 0 saturated carbocycles. The Balaban J connectivity index is 2.34. The molecule has 0 amide bonds. The minimum Gasteiger partial charge on any atom is -0.390 e. The molecule has 1 aromatic rings. The van der Waals surface area contributed by atoms with Crippen molar-refractivity contribution in [2.24, 2.45) is 22.7 Å². The van der Waals surface area contributed by atoms with E-state index in [4.69, 9.17) is 0 Å². The van der Waals surface area contributed by atoms with Gasteiger partial charge in [-0.3, -0.25) is 0 Å². The van der Waals surface area contributed by atoms with E-state index in [1.807, 2.05) is 26.1 Å². The largest absolute Gasteiger partial charge is 0.390 e. The average molecular weight is 389 g/mol. The Labute approximate surface area is 177 Å². The van der Waals surface area contributed by atoms with Crippen LogP contribution in [-0.4, -0.2) is 19.8 Å². The normalized spacial score (nSPS) is 19.7. The first-order chi connectivity index (χ1) is 14.2. The molecule has 0 saturated heterocycles. The molecule has 1 aromatic carbocycles. The van der Waals surface area contributed by atoms with E-state index in [9.17, 15) is 0 Å². The molecule has 0 bridgehead atoms. The Morgan fingerprint density at radius 1 is 1.34 bits per heavy atom. The van der Waals surface area contributed by atoms with E-state index in [0.717, 1.165) is 25.0 Å². The maximum absolute atomic E-state index is 4.37. The van der Waals surface area contributed by atoms with Gasteiger partial charge in [0.05, 0.1) is 0 Å². The summed E-state index contributed by atoms with van der Waals surface area (Å²) in [7, 11) is 1.88. The second-order valence-electron chi connectivity index (χ2n) is 7.60. The predicted molar refractivity (Wildman–Crippen MR) is 130 cm³/mol. The van der Waals surface area contributed by atoms with Gasteiger partial charge in [0.25, 0.3) is 0 Å². The van der Waals surface area contributed by atoms with Crippen LogP contribution in [0.25, 0.3) is 11.1 Å². The fourth-order valence-corrected chi connectivity index (χ4v) is 3.93. The van der Waals surface area contributed by atoms with Crippen molar-refractivity contribution in [2.75, 3.05) is 13.6 Å². The van der Waals surface area contributed by atoms with Crippen LogP contribution in [0.1, 0.15) is 44.7 Å². The summed E-state index contributed by atoms with van der Waals surface area (Å²) in [4.78, 5) is 4.37. The minimum atomic E-state index is 0.431. The van der Waals surface area contributed by atoms with Crippen LogP contribution in [-0.2, 0) is 0 Å². The predicted octanol–water partition coefficient (Wildman–Crippen LogP) is 6.70. The molecule has 2 heteroatoms. The lowest BCUT2D eigenvalue weighted by Gasteiger charge is -2.24. The summed E-state index contributed by atoms with van der Waals surface area (Å²) >= 11 is 0. The van der Waals surface area contributed by atoms with Crippen LogP contribution >= 0.6 is 0 Å². The Bertz CT molecular complexity index is 808. The van der Waals surface area contributed by atoms with Crippen molar-refractivity contribution >= 4 is 17.4 Å². The van der Waals surface area contributed by atoms with Gasteiger partial charge >= 0.3 is 0 Å². The first-order valence-electron chi connectivity index (χ1n) is 10.7. The van der Waals surface area contributed by atoms with Crippen molar-refractivity contribution in [3.63, 3.8) is 0 Å². The quantitative estimate of drug-likeness (QED) is 0.269. The molecule has 0 aromatic heterocycles. The van der Waals surface area contributed by atoms with Crippen LogP contribution < -0.4 is 5.32 Å². The Morgan fingerprint density at radius 3 is 2.83 bits per heavy atom. The highest BCUT2D eigenvalue weighted by molar-refractivity contribution is 5.85. The first kappa shape index (κ1) is 22.7. The lowest BCUT2D eigenvalue weighted by Crippen LogP contribution is -2.20. The Kier molecular flexibility index (Phi) is 9.43. The highest BCUT2D eigenvalue weighted by Crippen LogP contribution is 2.36. The van der Waals surface area contributed by atoms with E-state index in [2.05, 4.69) is 91.7 Å². The molecule has 0 fully saturated rings. The van der Waals surface area contributed by atoms with Crippen molar-refractivity contribution in [1.29, 1.82) is 0 Å². The van der Waals surface area contributed by atoms with Crippen molar-refractivity contribution < 1.29 is 0 Å². The number of nitrogens with one attached hydrogen (secondary N) is 1. The van der Waals surface area contributed by atoms with Gasteiger partial charge in [0.15, 0.2) is 0 Å². The maximum Gasteiger partial charge on any atom is 0.0273 e. The van der Waals surface area contributed by atoms with Crippen molar-refractivity contribution in [3.8, 4) is 0 Å². The van der Waals surface area contributed by atoms with Crippen LogP contribution in [0.5, 0.6) is 0 Å². The van der Waals surface area contributed by atoms with Gasteiger partial charge in [-0.1, -0.05) is 81.1 Å². The maximum atomic E-state index is 4.37. The van der Waals surface area contributed by atoms with Gasteiger partial charge in [-0.25, -0.2) is 0 Å². The Morgan fingerprint density at radius 2 is 2.14 bits per heavy atom. The number of rotatable bonds is 10. The van der Waals surface area contributed by atoms with Gasteiger partial charge in [0, 0.05) is 37.8 Å². The van der Waals surface area contributed by atoms with Crippen LogP contribution in [0.4, 0.5) is 0 Å². The van der Waals surface area contributed by atoms with E-state index in [-0.39, 0.29) is 0 Å². The van der Waals surface area contributed by atoms with E-state index in [1.54, 1.807) is 0 Å². The summed E-state index contributed by atoms with van der Waals surface area (Å²) in [5, 5.41) is 3.49. The lowest BCUT2D eigenvalue weighted by atomic mass is 9.80. The smallest absolute Gasteiger partial charge is 0.0273 e. The van der Waals surface area contributed by atoms with Gasteiger partial charge in [-0.15, -0.1) is 0 Å². The molecule has 3 atom stereocenters. The van der Waals surface area contributed by atoms with Gasteiger partial charge in [-0.05, 0) is 48.0 Å². The third kappa shape index (κ3) is 6.19. The van der Waals surface area contributed by atoms with Crippen LogP contribution in [0.2, 0.25) is 0 Å². The van der Waals surface area contributed by atoms with Gasteiger partial charge < -0.3 is 10.3 Å². The van der Waals surface area contributed by atoms with E-state index >= 15 is 0 Å². The SMILES string of the molecule is C=C/C(=C\C=C/C)c1ccccc1C1=CNCC1CC(C=NC)C(C)/C=C\CC. The highest BCUT2D eigenvalue weighted by atomic mass is 14.9. The fraction of sp³-hybridized carbons (Fsp3) is 0.370. The van der Waals surface area contributed by atoms with Gasteiger partial charge in [-0.2, -0.15) is 0 Å². The van der Waals surface area contributed by atoms with Crippen LogP contribution in [0.15, 0.2) is 78.5 Å².